The van der Waals surface area contributed by atoms with Crippen LogP contribution in [0.2, 0.25) is 10.0 Å². The lowest BCUT2D eigenvalue weighted by atomic mass is 9.67. The number of rotatable bonds is 8. The molecular weight excluding hydrogens is 493 g/mol. The Morgan fingerprint density at radius 2 is 1.92 bits per heavy atom. The number of hydrogen-bond acceptors (Lipinski definition) is 4. The van der Waals surface area contributed by atoms with Crippen LogP contribution in [0.1, 0.15) is 92.7 Å². The zero-order chi connectivity index (χ0) is 25.4. The number of amides is 1. The minimum absolute atomic E-state index is 0.00704. The summed E-state index contributed by atoms with van der Waals surface area (Å²) in [6.45, 7) is 8.06. The fourth-order valence-corrected chi connectivity index (χ4v) is 5.94. The first-order valence-corrected chi connectivity index (χ1v) is 13.4. The molecule has 1 aliphatic heterocycles. The van der Waals surface area contributed by atoms with Gasteiger partial charge < -0.3 is 9.42 Å². The Bertz CT molecular complexity index is 1250. The first kappa shape index (κ1) is 25.0. The van der Waals surface area contributed by atoms with E-state index < -0.39 is 5.41 Å². The average Bonchev–Trinajstić information content (AvgIpc) is 3.60. The minimum atomic E-state index is -0.635. The van der Waals surface area contributed by atoms with Crippen LogP contribution >= 0.6 is 23.2 Å². The van der Waals surface area contributed by atoms with Crippen molar-refractivity contribution in [1.29, 1.82) is 0 Å². The number of hydrogen-bond donors (Lipinski definition) is 0. The highest BCUT2D eigenvalue weighted by molar-refractivity contribution is 6.30. The second kappa shape index (κ2) is 10.0. The summed E-state index contributed by atoms with van der Waals surface area (Å²) in [6.07, 6.45) is 5.89. The summed E-state index contributed by atoms with van der Waals surface area (Å²) in [5.74, 6) is 1.68. The summed E-state index contributed by atoms with van der Waals surface area (Å²) >= 11 is 12.7. The molecule has 1 saturated heterocycles. The van der Waals surface area contributed by atoms with Crippen molar-refractivity contribution in [3.05, 3.63) is 94.1 Å². The lowest BCUT2D eigenvalue weighted by Gasteiger charge is -2.51. The standard InChI is InChI=1S/C29H31Cl2N3O2/c1-4-15-29(3)17-23(20-7-6-8-22(31)16-20)25(18-11-13-21(30)14-12-18)34(28(29)35)24(5-2)27-32-26(33-36-27)19-9-10-19/h4,6-8,11-14,16,19,23-25H,1,5,9-10,15,17H2,2-3H3/t23?,24-,25+,29-/m0/s1. The van der Waals surface area contributed by atoms with Crippen LogP contribution in [0.15, 0.2) is 65.7 Å². The van der Waals surface area contributed by atoms with Gasteiger partial charge in [-0.2, -0.15) is 4.98 Å². The van der Waals surface area contributed by atoms with E-state index in [0.717, 1.165) is 29.8 Å². The Morgan fingerprint density at radius 3 is 2.56 bits per heavy atom. The maximum absolute atomic E-state index is 14.4. The first-order chi connectivity index (χ1) is 17.3. The Balaban J connectivity index is 1.68. The van der Waals surface area contributed by atoms with Crippen LogP contribution in [0.4, 0.5) is 0 Å². The highest BCUT2D eigenvalue weighted by Gasteiger charge is 2.52. The fourth-order valence-electron chi connectivity index (χ4n) is 5.61. The van der Waals surface area contributed by atoms with Crippen molar-refractivity contribution in [1.82, 2.24) is 15.0 Å². The van der Waals surface area contributed by atoms with Gasteiger partial charge in [0.2, 0.25) is 11.8 Å². The van der Waals surface area contributed by atoms with Gasteiger partial charge in [0.25, 0.3) is 0 Å². The van der Waals surface area contributed by atoms with E-state index in [-0.39, 0.29) is 23.9 Å². The van der Waals surface area contributed by atoms with Gasteiger partial charge in [-0.3, -0.25) is 4.79 Å². The Morgan fingerprint density at radius 1 is 1.17 bits per heavy atom. The second-order valence-electron chi connectivity index (χ2n) is 10.3. The van der Waals surface area contributed by atoms with Gasteiger partial charge in [0.1, 0.15) is 6.04 Å². The molecule has 5 rings (SSSR count). The van der Waals surface area contributed by atoms with Crippen molar-refractivity contribution in [2.75, 3.05) is 0 Å². The van der Waals surface area contributed by atoms with Crippen LogP contribution in [0.5, 0.6) is 0 Å². The SMILES string of the molecule is C=CC[C@@]1(C)CC(c2cccc(Cl)c2)[C@@H](c2ccc(Cl)cc2)N([C@@H](CC)c2nc(C3CC3)no2)C1=O. The molecule has 7 heteroatoms. The van der Waals surface area contributed by atoms with Gasteiger partial charge in [0.05, 0.1) is 11.5 Å². The number of piperidine rings is 1. The maximum atomic E-state index is 14.4. The van der Waals surface area contributed by atoms with Gasteiger partial charge in [-0.1, -0.05) is 72.5 Å². The molecule has 0 radical (unpaired) electrons. The largest absolute Gasteiger partial charge is 0.337 e. The zero-order valence-corrected chi connectivity index (χ0v) is 22.2. The lowest BCUT2D eigenvalue weighted by Crippen LogP contribution is -2.53. The fraction of sp³-hybridized carbons (Fsp3) is 0.414. The van der Waals surface area contributed by atoms with E-state index in [1.165, 1.54) is 0 Å². The summed E-state index contributed by atoms with van der Waals surface area (Å²) in [5.41, 5.74) is 1.47. The van der Waals surface area contributed by atoms with Crippen LogP contribution in [0, 0.1) is 5.41 Å². The predicted octanol–water partition coefficient (Wildman–Crippen LogP) is 8.04. The van der Waals surface area contributed by atoms with Crippen molar-refractivity contribution in [3.63, 3.8) is 0 Å². The van der Waals surface area contributed by atoms with Crippen molar-refractivity contribution in [2.24, 2.45) is 5.41 Å². The highest BCUT2D eigenvalue weighted by Crippen LogP contribution is 2.54. The monoisotopic (exact) mass is 523 g/mol. The number of likely N-dealkylation sites (tertiary alicyclic amines) is 1. The summed E-state index contributed by atoms with van der Waals surface area (Å²) in [4.78, 5) is 21.2. The summed E-state index contributed by atoms with van der Waals surface area (Å²) in [6, 6.07) is 15.1. The summed E-state index contributed by atoms with van der Waals surface area (Å²) in [7, 11) is 0. The van der Waals surface area contributed by atoms with Crippen LogP contribution in [0.25, 0.3) is 0 Å². The number of halogens is 2. The molecule has 1 aliphatic carbocycles. The number of carbonyl (C=O) groups excluding carboxylic acids is 1. The third kappa shape index (κ3) is 4.71. The molecule has 1 aromatic heterocycles. The van der Waals surface area contributed by atoms with Crippen molar-refractivity contribution < 1.29 is 9.32 Å². The van der Waals surface area contributed by atoms with E-state index in [0.29, 0.717) is 41.1 Å². The smallest absolute Gasteiger partial charge is 0.249 e. The maximum Gasteiger partial charge on any atom is 0.249 e. The molecule has 0 N–H and O–H groups in total. The van der Waals surface area contributed by atoms with Gasteiger partial charge >= 0.3 is 0 Å². The molecule has 3 aromatic rings. The van der Waals surface area contributed by atoms with E-state index in [1.807, 2.05) is 60.4 Å². The number of allylic oxidation sites excluding steroid dienone is 1. The molecule has 2 aliphatic rings. The van der Waals surface area contributed by atoms with E-state index in [9.17, 15) is 4.79 Å². The molecule has 2 fully saturated rings. The van der Waals surface area contributed by atoms with Gasteiger partial charge in [-0.05, 0) is 67.5 Å². The molecule has 188 valence electrons. The molecule has 0 spiro atoms. The number of nitrogens with zero attached hydrogens (tertiary/aromatic N) is 3. The van der Waals surface area contributed by atoms with Crippen molar-refractivity contribution in [3.8, 4) is 0 Å². The third-order valence-electron chi connectivity index (χ3n) is 7.59. The zero-order valence-electron chi connectivity index (χ0n) is 20.7. The number of aromatic nitrogens is 2. The molecule has 2 aromatic carbocycles. The Kier molecular flexibility index (Phi) is 6.97. The van der Waals surface area contributed by atoms with Crippen LogP contribution in [-0.4, -0.2) is 20.9 Å². The van der Waals surface area contributed by atoms with Crippen molar-refractivity contribution >= 4 is 29.1 Å². The summed E-state index contributed by atoms with van der Waals surface area (Å²) < 4.78 is 5.79. The van der Waals surface area contributed by atoms with E-state index in [4.69, 9.17) is 32.7 Å². The van der Waals surface area contributed by atoms with Crippen LogP contribution in [-0.2, 0) is 4.79 Å². The van der Waals surface area contributed by atoms with E-state index in [2.05, 4.69) is 24.7 Å². The van der Waals surface area contributed by atoms with Gasteiger partial charge in [-0.25, -0.2) is 0 Å². The molecule has 1 amide bonds. The van der Waals surface area contributed by atoms with Gasteiger partial charge in [0, 0.05) is 21.9 Å². The molecule has 1 unspecified atom stereocenters. The summed E-state index contributed by atoms with van der Waals surface area (Å²) in [5, 5.41) is 5.59. The Labute approximate surface area is 222 Å². The molecule has 0 bridgehead atoms. The normalized spacial score (nSPS) is 25.1. The first-order valence-electron chi connectivity index (χ1n) is 12.6. The molecule has 36 heavy (non-hydrogen) atoms. The second-order valence-corrected chi connectivity index (χ2v) is 11.2. The quantitative estimate of drug-likeness (QED) is 0.280. The van der Waals surface area contributed by atoms with Crippen LogP contribution in [0.3, 0.4) is 0 Å². The predicted molar refractivity (Wildman–Crippen MR) is 142 cm³/mol. The number of benzene rings is 2. The molecule has 1 saturated carbocycles. The highest BCUT2D eigenvalue weighted by atomic mass is 35.5. The lowest BCUT2D eigenvalue weighted by molar-refractivity contribution is -0.155. The van der Waals surface area contributed by atoms with Crippen molar-refractivity contribution in [2.45, 2.75) is 69.9 Å². The molecular formula is C29H31Cl2N3O2. The number of carbonyl (C=O) groups is 1. The molecule has 2 heterocycles. The average molecular weight is 524 g/mol. The minimum Gasteiger partial charge on any atom is -0.337 e. The van der Waals surface area contributed by atoms with Crippen LogP contribution < -0.4 is 0 Å². The van der Waals surface area contributed by atoms with Gasteiger partial charge in [-0.15, -0.1) is 6.58 Å². The van der Waals surface area contributed by atoms with Gasteiger partial charge in [0.15, 0.2) is 5.82 Å². The molecule has 5 nitrogen and oxygen atoms in total. The molecule has 4 atom stereocenters. The Hall–Kier alpha value is -2.63. The topological polar surface area (TPSA) is 59.2 Å². The third-order valence-corrected chi connectivity index (χ3v) is 8.08. The van der Waals surface area contributed by atoms with E-state index in [1.54, 1.807) is 0 Å². The van der Waals surface area contributed by atoms with E-state index >= 15 is 0 Å².